The summed E-state index contributed by atoms with van der Waals surface area (Å²) < 4.78 is 28.3. The van der Waals surface area contributed by atoms with Crippen LogP contribution < -0.4 is 10.0 Å². The van der Waals surface area contributed by atoms with Crippen molar-refractivity contribution >= 4 is 10.0 Å². The third-order valence-corrected chi connectivity index (χ3v) is 3.82. The van der Waals surface area contributed by atoms with E-state index in [1.54, 1.807) is 12.3 Å². The van der Waals surface area contributed by atoms with Crippen molar-refractivity contribution in [2.45, 2.75) is 25.3 Å². The van der Waals surface area contributed by atoms with Crippen LogP contribution in [0, 0.1) is 5.92 Å². The van der Waals surface area contributed by atoms with Crippen LogP contribution in [-0.4, -0.2) is 26.6 Å². The molecule has 17 heavy (non-hydrogen) atoms. The molecule has 0 spiro atoms. The van der Waals surface area contributed by atoms with Gasteiger partial charge in [-0.15, -0.1) is 0 Å². The van der Waals surface area contributed by atoms with Gasteiger partial charge in [0.25, 0.3) is 0 Å². The van der Waals surface area contributed by atoms with Gasteiger partial charge in [0.15, 0.2) is 0 Å². The maximum atomic E-state index is 12.0. The highest BCUT2D eigenvalue weighted by molar-refractivity contribution is 7.89. The summed E-state index contributed by atoms with van der Waals surface area (Å²) in [6, 6.07) is 1.69. The first-order valence-corrected chi connectivity index (χ1v) is 7.14. The standard InChI is InChI=1S/C11H21N3O2S/c1-9(2)6-13-17(15,16)11-5-10(7-12-3)14(4)8-11/h5,8-9,12-13H,6-7H2,1-4H3. The first kappa shape index (κ1) is 14.2. The minimum atomic E-state index is -3.37. The van der Waals surface area contributed by atoms with E-state index in [0.29, 0.717) is 23.9 Å². The molecule has 6 heteroatoms. The first-order valence-electron chi connectivity index (χ1n) is 5.66. The molecular weight excluding hydrogens is 238 g/mol. The van der Waals surface area contributed by atoms with Gasteiger partial charge in [0.2, 0.25) is 10.0 Å². The van der Waals surface area contributed by atoms with Crippen LogP contribution in [0.15, 0.2) is 17.2 Å². The summed E-state index contributed by atoms with van der Waals surface area (Å²) >= 11 is 0. The zero-order chi connectivity index (χ0) is 13.1. The molecular formula is C11H21N3O2S. The van der Waals surface area contributed by atoms with Gasteiger partial charge in [-0.1, -0.05) is 13.8 Å². The molecule has 0 fully saturated rings. The third-order valence-electron chi connectivity index (χ3n) is 2.43. The van der Waals surface area contributed by atoms with Crippen LogP contribution in [0.2, 0.25) is 0 Å². The SMILES string of the molecule is CNCc1cc(S(=O)(=O)NCC(C)C)cn1C. The third kappa shape index (κ3) is 3.83. The van der Waals surface area contributed by atoms with Gasteiger partial charge < -0.3 is 9.88 Å². The lowest BCUT2D eigenvalue weighted by Crippen LogP contribution is -2.27. The highest BCUT2D eigenvalue weighted by atomic mass is 32.2. The topological polar surface area (TPSA) is 63.1 Å². The number of rotatable bonds is 6. The Morgan fingerprint density at radius 1 is 1.41 bits per heavy atom. The molecule has 0 aliphatic rings. The Labute approximate surface area is 103 Å². The molecule has 0 aromatic carbocycles. The van der Waals surface area contributed by atoms with Crippen molar-refractivity contribution < 1.29 is 8.42 Å². The zero-order valence-corrected chi connectivity index (χ0v) is 11.6. The molecule has 5 nitrogen and oxygen atoms in total. The van der Waals surface area contributed by atoms with E-state index in [2.05, 4.69) is 10.0 Å². The molecule has 0 aliphatic heterocycles. The smallest absolute Gasteiger partial charge is 0.242 e. The van der Waals surface area contributed by atoms with E-state index < -0.39 is 10.0 Å². The van der Waals surface area contributed by atoms with Crippen LogP contribution >= 0.6 is 0 Å². The van der Waals surface area contributed by atoms with Crippen molar-refractivity contribution in [3.8, 4) is 0 Å². The molecule has 0 saturated carbocycles. The number of nitrogens with one attached hydrogen (secondary N) is 2. The molecule has 0 unspecified atom stereocenters. The van der Waals surface area contributed by atoms with E-state index in [-0.39, 0.29) is 0 Å². The predicted molar refractivity (Wildman–Crippen MR) is 68.2 cm³/mol. The van der Waals surface area contributed by atoms with Crippen molar-refractivity contribution in [3.63, 3.8) is 0 Å². The fourth-order valence-electron chi connectivity index (χ4n) is 1.44. The van der Waals surface area contributed by atoms with E-state index in [0.717, 1.165) is 5.69 Å². The van der Waals surface area contributed by atoms with Crippen LogP contribution in [0.25, 0.3) is 0 Å². The lowest BCUT2D eigenvalue weighted by molar-refractivity contribution is 0.560. The van der Waals surface area contributed by atoms with Crippen LogP contribution in [0.1, 0.15) is 19.5 Å². The van der Waals surface area contributed by atoms with Crippen molar-refractivity contribution in [1.82, 2.24) is 14.6 Å². The van der Waals surface area contributed by atoms with Gasteiger partial charge in [-0.25, -0.2) is 13.1 Å². The van der Waals surface area contributed by atoms with E-state index in [1.165, 1.54) is 0 Å². The van der Waals surface area contributed by atoms with Gasteiger partial charge in [0.05, 0.1) is 4.90 Å². The predicted octanol–water partition coefficient (Wildman–Crippen LogP) is 0.679. The Morgan fingerprint density at radius 3 is 2.59 bits per heavy atom. The molecule has 2 N–H and O–H groups in total. The lowest BCUT2D eigenvalue weighted by Gasteiger charge is -2.06. The van der Waals surface area contributed by atoms with Crippen molar-refractivity contribution in [2.24, 2.45) is 13.0 Å². The highest BCUT2D eigenvalue weighted by Gasteiger charge is 2.17. The van der Waals surface area contributed by atoms with Gasteiger partial charge >= 0.3 is 0 Å². The molecule has 0 saturated heterocycles. The highest BCUT2D eigenvalue weighted by Crippen LogP contribution is 2.13. The Balaban J connectivity index is 2.88. The molecule has 0 amide bonds. The summed E-state index contributed by atoms with van der Waals surface area (Å²) in [5.41, 5.74) is 0.942. The molecule has 1 aromatic rings. The normalized spacial score (nSPS) is 12.3. The zero-order valence-electron chi connectivity index (χ0n) is 10.8. The number of hydrogen-bond donors (Lipinski definition) is 2. The Hall–Kier alpha value is -0.850. The lowest BCUT2D eigenvalue weighted by atomic mass is 10.2. The molecule has 0 aliphatic carbocycles. The maximum absolute atomic E-state index is 12.0. The summed E-state index contributed by atoms with van der Waals surface area (Å²) in [7, 11) is 0.299. The molecule has 1 rings (SSSR count). The number of hydrogen-bond acceptors (Lipinski definition) is 3. The summed E-state index contributed by atoms with van der Waals surface area (Å²) in [5.74, 6) is 0.297. The Bertz CT molecular complexity index is 463. The second-order valence-electron chi connectivity index (χ2n) is 4.55. The maximum Gasteiger partial charge on any atom is 0.242 e. The van der Waals surface area contributed by atoms with Crippen molar-refractivity contribution in [1.29, 1.82) is 0 Å². The number of aromatic nitrogens is 1. The van der Waals surface area contributed by atoms with Gasteiger partial charge in [0, 0.05) is 32.0 Å². The monoisotopic (exact) mass is 259 g/mol. The van der Waals surface area contributed by atoms with E-state index in [1.807, 2.05) is 32.5 Å². The number of nitrogens with zero attached hydrogens (tertiary/aromatic N) is 1. The molecule has 98 valence electrons. The molecule has 0 bridgehead atoms. The number of aryl methyl sites for hydroxylation is 1. The van der Waals surface area contributed by atoms with Crippen molar-refractivity contribution in [2.75, 3.05) is 13.6 Å². The Kier molecular flexibility index (Phi) is 4.73. The van der Waals surface area contributed by atoms with Gasteiger partial charge in [-0.3, -0.25) is 0 Å². The minimum Gasteiger partial charge on any atom is -0.352 e. The largest absolute Gasteiger partial charge is 0.352 e. The average Bonchev–Trinajstić information content (AvgIpc) is 2.59. The summed E-state index contributed by atoms with van der Waals surface area (Å²) in [4.78, 5) is 0.325. The second-order valence-corrected chi connectivity index (χ2v) is 6.32. The molecule has 1 aromatic heterocycles. The van der Waals surface area contributed by atoms with Crippen LogP contribution in [0.3, 0.4) is 0 Å². The van der Waals surface area contributed by atoms with E-state index >= 15 is 0 Å². The fraction of sp³-hybridized carbons (Fsp3) is 0.636. The van der Waals surface area contributed by atoms with Crippen LogP contribution in [-0.2, 0) is 23.6 Å². The van der Waals surface area contributed by atoms with Gasteiger partial charge in [-0.2, -0.15) is 0 Å². The van der Waals surface area contributed by atoms with Crippen molar-refractivity contribution in [3.05, 3.63) is 18.0 Å². The summed E-state index contributed by atoms with van der Waals surface area (Å²) in [5, 5.41) is 3.00. The average molecular weight is 259 g/mol. The summed E-state index contributed by atoms with van der Waals surface area (Å²) in [6.45, 7) is 5.05. The number of sulfonamides is 1. The minimum absolute atomic E-state index is 0.297. The van der Waals surface area contributed by atoms with Gasteiger partial charge in [0.1, 0.15) is 0 Å². The van der Waals surface area contributed by atoms with E-state index in [9.17, 15) is 8.42 Å². The summed E-state index contributed by atoms with van der Waals surface area (Å²) in [6.07, 6.45) is 1.63. The second kappa shape index (κ2) is 5.66. The van der Waals surface area contributed by atoms with Gasteiger partial charge in [-0.05, 0) is 19.0 Å². The van der Waals surface area contributed by atoms with E-state index in [4.69, 9.17) is 0 Å². The van der Waals surface area contributed by atoms with Crippen LogP contribution in [0.5, 0.6) is 0 Å². The molecule has 1 heterocycles. The van der Waals surface area contributed by atoms with Crippen LogP contribution in [0.4, 0.5) is 0 Å². The molecule has 0 radical (unpaired) electrons. The quantitative estimate of drug-likeness (QED) is 0.789. The molecule has 0 atom stereocenters. The Morgan fingerprint density at radius 2 is 2.06 bits per heavy atom. The fourth-order valence-corrected chi connectivity index (χ4v) is 2.75. The first-order chi connectivity index (χ1) is 7.86.